The van der Waals surface area contributed by atoms with E-state index in [9.17, 15) is 9.59 Å². The average Bonchev–Trinajstić information content (AvgIpc) is 3.30. The summed E-state index contributed by atoms with van der Waals surface area (Å²) < 4.78 is 0. The predicted octanol–water partition coefficient (Wildman–Crippen LogP) is 2.30. The number of carbonyl (C=O) groups is 2. The molecule has 1 atom stereocenters. The first-order valence-corrected chi connectivity index (χ1v) is 8.97. The Morgan fingerprint density at radius 2 is 2.05 bits per heavy atom. The second kappa shape index (κ2) is 7.18. The Hall–Kier alpha value is -1.49. The van der Waals surface area contributed by atoms with E-state index in [1.165, 1.54) is 4.90 Å². The number of thioether (sulfide) groups is 1. The van der Waals surface area contributed by atoms with Crippen molar-refractivity contribution in [2.24, 2.45) is 5.92 Å². The Bertz CT molecular complexity index is 531. The van der Waals surface area contributed by atoms with Gasteiger partial charge in [-0.1, -0.05) is 18.2 Å². The van der Waals surface area contributed by atoms with Gasteiger partial charge in [-0.3, -0.25) is 9.59 Å². The highest BCUT2D eigenvalue weighted by atomic mass is 32.2. The smallest absolute Gasteiger partial charge is 0.225 e. The van der Waals surface area contributed by atoms with Crippen LogP contribution in [0.1, 0.15) is 25.7 Å². The summed E-state index contributed by atoms with van der Waals surface area (Å²) in [6.45, 7) is 1.31. The molecule has 0 radical (unpaired) electrons. The number of nitrogens with one attached hydrogen (secondary N) is 1. The first kappa shape index (κ1) is 15.4. The van der Waals surface area contributed by atoms with Crippen LogP contribution in [0, 0.1) is 5.92 Å². The molecule has 0 spiro atoms. The molecular formula is C17H22N2O2S. The summed E-state index contributed by atoms with van der Waals surface area (Å²) in [5.41, 5.74) is 0. The molecule has 118 valence electrons. The quantitative estimate of drug-likeness (QED) is 0.620. The minimum absolute atomic E-state index is 0.0428. The molecule has 2 aliphatic rings. The van der Waals surface area contributed by atoms with E-state index in [-0.39, 0.29) is 17.7 Å². The highest BCUT2D eigenvalue weighted by molar-refractivity contribution is 7.99. The van der Waals surface area contributed by atoms with Gasteiger partial charge >= 0.3 is 0 Å². The molecular weight excluding hydrogens is 296 g/mol. The van der Waals surface area contributed by atoms with Crippen molar-refractivity contribution in [2.75, 3.05) is 18.8 Å². The minimum Gasteiger partial charge on any atom is -0.356 e. The Balaban J connectivity index is 1.32. The summed E-state index contributed by atoms with van der Waals surface area (Å²) in [6, 6.07) is 10.7. The first-order chi connectivity index (χ1) is 10.7. The Kier molecular flexibility index (Phi) is 5.03. The third kappa shape index (κ3) is 4.03. The van der Waals surface area contributed by atoms with Gasteiger partial charge in [0.25, 0.3) is 0 Å². The molecule has 5 heteroatoms. The molecule has 4 nitrogen and oxygen atoms in total. The fourth-order valence-corrected chi connectivity index (χ4v) is 3.66. The predicted molar refractivity (Wildman–Crippen MR) is 87.6 cm³/mol. The molecule has 1 saturated carbocycles. The van der Waals surface area contributed by atoms with E-state index in [1.807, 2.05) is 23.1 Å². The molecule has 2 amide bonds. The molecule has 1 aromatic carbocycles. The van der Waals surface area contributed by atoms with Crippen molar-refractivity contribution in [3.8, 4) is 0 Å². The van der Waals surface area contributed by atoms with Gasteiger partial charge in [-0.15, -0.1) is 11.8 Å². The Labute approximate surface area is 135 Å². The van der Waals surface area contributed by atoms with Crippen LogP contribution in [0.5, 0.6) is 0 Å². The van der Waals surface area contributed by atoms with Crippen LogP contribution in [0.25, 0.3) is 0 Å². The molecule has 3 rings (SSSR count). The van der Waals surface area contributed by atoms with Crippen molar-refractivity contribution in [2.45, 2.75) is 36.6 Å². The molecule has 22 heavy (non-hydrogen) atoms. The van der Waals surface area contributed by atoms with Gasteiger partial charge in [0.1, 0.15) is 0 Å². The lowest BCUT2D eigenvalue weighted by atomic mass is 10.1. The largest absolute Gasteiger partial charge is 0.356 e. The van der Waals surface area contributed by atoms with E-state index in [1.54, 1.807) is 11.8 Å². The van der Waals surface area contributed by atoms with Gasteiger partial charge < -0.3 is 10.2 Å². The Morgan fingerprint density at radius 1 is 1.27 bits per heavy atom. The summed E-state index contributed by atoms with van der Waals surface area (Å²) in [4.78, 5) is 27.1. The van der Waals surface area contributed by atoms with E-state index < -0.39 is 0 Å². The number of rotatable bonds is 7. The molecule has 0 bridgehead atoms. The van der Waals surface area contributed by atoms with E-state index in [4.69, 9.17) is 0 Å². The van der Waals surface area contributed by atoms with E-state index in [0.29, 0.717) is 25.6 Å². The molecule has 1 aromatic rings. The number of nitrogens with zero attached hydrogens (tertiary/aromatic N) is 1. The van der Waals surface area contributed by atoms with Crippen LogP contribution in [-0.4, -0.2) is 41.6 Å². The highest BCUT2D eigenvalue weighted by Gasteiger charge is 2.41. The maximum Gasteiger partial charge on any atom is 0.225 e. The van der Waals surface area contributed by atoms with Gasteiger partial charge in [0.05, 0.1) is 5.92 Å². The van der Waals surface area contributed by atoms with E-state index >= 15 is 0 Å². The zero-order valence-electron chi connectivity index (χ0n) is 12.7. The van der Waals surface area contributed by atoms with Crippen molar-refractivity contribution >= 4 is 23.6 Å². The fraction of sp³-hybridized carbons (Fsp3) is 0.529. The molecule has 0 unspecified atom stereocenters. The lowest BCUT2D eigenvalue weighted by Crippen LogP contribution is -2.34. The van der Waals surface area contributed by atoms with Crippen LogP contribution >= 0.6 is 11.8 Å². The number of benzene rings is 1. The zero-order valence-corrected chi connectivity index (χ0v) is 13.5. The number of hydrogen-bond acceptors (Lipinski definition) is 3. The third-order valence-corrected chi connectivity index (χ3v) is 5.25. The first-order valence-electron chi connectivity index (χ1n) is 7.99. The summed E-state index contributed by atoms with van der Waals surface area (Å²) in [6.07, 6.45) is 3.55. The number of hydrogen-bond donors (Lipinski definition) is 1. The summed E-state index contributed by atoms with van der Waals surface area (Å²) in [5, 5.41) is 2.98. The molecule has 1 aliphatic heterocycles. The van der Waals surface area contributed by atoms with Crippen molar-refractivity contribution < 1.29 is 9.59 Å². The third-order valence-electron chi connectivity index (χ3n) is 4.15. The van der Waals surface area contributed by atoms with Gasteiger partial charge in [-0.2, -0.15) is 0 Å². The molecule has 1 saturated heterocycles. The average molecular weight is 318 g/mol. The zero-order chi connectivity index (χ0) is 15.4. The van der Waals surface area contributed by atoms with Crippen LogP contribution in [0.4, 0.5) is 0 Å². The summed E-state index contributed by atoms with van der Waals surface area (Å²) >= 11 is 1.80. The van der Waals surface area contributed by atoms with Crippen LogP contribution in [0.2, 0.25) is 0 Å². The van der Waals surface area contributed by atoms with Crippen LogP contribution in [0.3, 0.4) is 0 Å². The van der Waals surface area contributed by atoms with Crippen LogP contribution in [0.15, 0.2) is 35.2 Å². The number of likely N-dealkylation sites (tertiary alicyclic amines) is 1. The standard InChI is InChI=1S/C17H22N2O2S/c20-16-11-13(12-19(16)14-7-8-14)17(21)18-9-4-10-22-15-5-2-1-3-6-15/h1-3,5-6,13-14H,4,7-12H2,(H,18,21)/t13-/m1/s1. The van der Waals surface area contributed by atoms with Crippen LogP contribution in [-0.2, 0) is 9.59 Å². The van der Waals surface area contributed by atoms with Gasteiger partial charge in [0.2, 0.25) is 11.8 Å². The molecule has 0 aromatic heterocycles. The maximum absolute atomic E-state index is 12.1. The van der Waals surface area contributed by atoms with Crippen molar-refractivity contribution in [3.05, 3.63) is 30.3 Å². The lowest BCUT2D eigenvalue weighted by molar-refractivity contribution is -0.129. The van der Waals surface area contributed by atoms with Gasteiger partial charge in [0, 0.05) is 30.4 Å². The highest BCUT2D eigenvalue weighted by Crippen LogP contribution is 2.32. The second-order valence-corrected chi connectivity index (χ2v) is 7.15. The topological polar surface area (TPSA) is 49.4 Å². The van der Waals surface area contributed by atoms with E-state index in [0.717, 1.165) is 25.0 Å². The SMILES string of the molecule is O=C(NCCCSc1ccccc1)[C@@H]1CC(=O)N(C2CC2)C1. The normalized spacial score (nSPS) is 21.2. The minimum atomic E-state index is -0.144. The number of amides is 2. The van der Waals surface area contributed by atoms with Crippen molar-refractivity contribution in [3.63, 3.8) is 0 Å². The molecule has 1 heterocycles. The monoisotopic (exact) mass is 318 g/mol. The van der Waals surface area contributed by atoms with Gasteiger partial charge in [-0.25, -0.2) is 0 Å². The fourth-order valence-electron chi connectivity index (χ4n) is 2.78. The van der Waals surface area contributed by atoms with Crippen molar-refractivity contribution in [1.82, 2.24) is 10.2 Å². The van der Waals surface area contributed by atoms with Gasteiger partial charge in [-0.05, 0) is 37.1 Å². The lowest BCUT2D eigenvalue weighted by Gasteiger charge is -2.15. The summed E-state index contributed by atoms with van der Waals surface area (Å²) in [5.74, 6) is 1.04. The van der Waals surface area contributed by atoms with Crippen LogP contribution < -0.4 is 5.32 Å². The Morgan fingerprint density at radius 3 is 2.77 bits per heavy atom. The molecule has 1 N–H and O–H groups in total. The van der Waals surface area contributed by atoms with Gasteiger partial charge in [0.15, 0.2) is 0 Å². The summed E-state index contributed by atoms with van der Waals surface area (Å²) in [7, 11) is 0. The van der Waals surface area contributed by atoms with E-state index in [2.05, 4.69) is 17.4 Å². The number of carbonyl (C=O) groups excluding carboxylic acids is 2. The molecule has 1 aliphatic carbocycles. The molecule has 2 fully saturated rings. The van der Waals surface area contributed by atoms with Crippen molar-refractivity contribution in [1.29, 1.82) is 0 Å². The second-order valence-electron chi connectivity index (χ2n) is 5.98. The maximum atomic E-state index is 12.1.